The largest absolute Gasteiger partial charge is 0.379 e. The lowest BCUT2D eigenvalue weighted by atomic mass is 10.2. The average Bonchev–Trinajstić information content (AvgIpc) is 2.62. The number of rotatable bonds is 1. The van der Waals surface area contributed by atoms with Gasteiger partial charge in [0, 0.05) is 12.8 Å². The number of hydrogen-bond acceptors (Lipinski definition) is 3. The molecule has 2 heterocycles. The van der Waals surface area contributed by atoms with Crippen LogP contribution in [0.3, 0.4) is 0 Å². The molecule has 1 aromatic rings. The minimum absolute atomic E-state index is 0.0366. The fourth-order valence-corrected chi connectivity index (χ4v) is 1.73. The average molecular weight is 245 g/mol. The summed E-state index contributed by atoms with van der Waals surface area (Å²) in [7, 11) is 0. The first-order chi connectivity index (χ1) is 6.29. The first kappa shape index (κ1) is 8.90. The molecule has 0 aromatic carbocycles. The summed E-state index contributed by atoms with van der Waals surface area (Å²) in [5.41, 5.74) is -0.0366. The first-order valence-corrected chi connectivity index (χ1v) is 4.88. The maximum atomic E-state index is 11.6. The zero-order valence-electron chi connectivity index (χ0n) is 6.94. The molecule has 0 N–H and O–H groups in total. The number of halogens is 1. The Morgan fingerprint density at radius 3 is 3.23 bits per heavy atom. The Balaban J connectivity index is 2.39. The van der Waals surface area contributed by atoms with Crippen molar-refractivity contribution in [2.24, 2.45) is 0 Å². The van der Waals surface area contributed by atoms with E-state index in [9.17, 15) is 4.79 Å². The van der Waals surface area contributed by atoms with Crippen LogP contribution in [0.5, 0.6) is 0 Å². The summed E-state index contributed by atoms with van der Waals surface area (Å²) >= 11 is 3.16. The van der Waals surface area contributed by atoms with Gasteiger partial charge >= 0.3 is 0 Å². The summed E-state index contributed by atoms with van der Waals surface area (Å²) in [6.07, 6.45) is 3.96. The minimum Gasteiger partial charge on any atom is -0.379 e. The fourth-order valence-electron chi connectivity index (χ4n) is 1.40. The minimum atomic E-state index is -0.0366. The molecule has 0 bridgehead atoms. The molecule has 13 heavy (non-hydrogen) atoms. The van der Waals surface area contributed by atoms with Crippen molar-refractivity contribution in [3.05, 3.63) is 27.4 Å². The van der Waals surface area contributed by atoms with Crippen LogP contribution in [0.25, 0.3) is 0 Å². The highest BCUT2D eigenvalue weighted by molar-refractivity contribution is 9.10. The van der Waals surface area contributed by atoms with E-state index in [4.69, 9.17) is 4.74 Å². The van der Waals surface area contributed by atoms with Gasteiger partial charge in [-0.1, -0.05) is 0 Å². The van der Waals surface area contributed by atoms with E-state index in [0.717, 1.165) is 13.0 Å². The summed E-state index contributed by atoms with van der Waals surface area (Å²) in [6, 6.07) is 0.150. The van der Waals surface area contributed by atoms with Crippen LogP contribution in [0.4, 0.5) is 0 Å². The molecule has 1 unspecified atom stereocenters. The van der Waals surface area contributed by atoms with E-state index in [1.54, 1.807) is 10.9 Å². The van der Waals surface area contributed by atoms with Gasteiger partial charge in [-0.05, 0) is 22.4 Å². The predicted octanol–water partition coefficient (Wildman–Crippen LogP) is 0.967. The van der Waals surface area contributed by atoms with E-state index in [1.807, 2.05) is 0 Å². The van der Waals surface area contributed by atoms with E-state index in [1.165, 1.54) is 6.20 Å². The molecule has 1 saturated heterocycles. The number of nitrogens with zero attached hydrogens (tertiary/aromatic N) is 2. The SMILES string of the molecule is O=c1c(Br)cncn1C1CCOC1. The summed E-state index contributed by atoms with van der Waals surface area (Å²) in [5, 5.41) is 0. The van der Waals surface area contributed by atoms with Crippen LogP contribution >= 0.6 is 15.9 Å². The Hall–Kier alpha value is -0.680. The summed E-state index contributed by atoms with van der Waals surface area (Å²) in [4.78, 5) is 15.5. The Morgan fingerprint density at radius 2 is 2.54 bits per heavy atom. The third-order valence-corrected chi connectivity index (χ3v) is 2.66. The topological polar surface area (TPSA) is 44.1 Å². The van der Waals surface area contributed by atoms with Crippen molar-refractivity contribution in [2.45, 2.75) is 12.5 Å². The molecular formula is C8H9BrN2O2. The predicted molar refractivity (Wildman–Crippen MR) is 50.7 cm³/mol. The molecule has 1 aliphatic heterocycles. The molecule has 4 nitrogen and oxygen atoms in total. The zero-order valence-corrected chi connectivity index (χ0v) is 8.53. The maximum absolute atomic E-state index is 11.6. The van der Waals surface area contributed by atoms with E-state index >= 15 is 0 Å². The van der Waals surface area contributed by atoms with Crippen LogP contribution in [-0.2, 0) is 4.74 Å². The van der Waals surface area contributed by atoms with Crippen LogP contribution in [0.1, 0.15) is 12.5 Å². The molecule has 2 rings (SSSR count). The van der Waals surface area contributed by atoms with Crippen molar-refractivity contribution in [1.82, 2.24) is 9.55 Å². The van der Waals surface area contributed by atoms with Gasteiger partial charge in [-0.15, -0.1) is 0 Å². The van der Waals surface area contributed by atoms with Crippen LogP contribution in [0.15, 0.2) is 21.8 Å². The van der Waals surface area contributed by atoms with E-state index in [-0.39, 0.29) is 11.6 Å². The Bertz CT molecular complexity index is 357. The lowest BCUT2D eigenvalue weighted by Crippen LogP contribution is -2.25. The van der Waals surface area contributed by atoms with Crippen molar-refractivity contribution in [1.29, 1.82) is 0 Å². The zero-order chi connectivity index (χ0) is 9.26. The number of aromatic nitrogens is 2. The molecule has 0 aliphatic carbocycles. The molecule has 1 aromatic heterocycles. The van der Waals surface area contributed by atoms with Gasteiger partial charge in [0.1, 0.15) is 4.47 Å². The molecule has 1 atom stereocenters. The van der Waals surface area contributed by atoms with E-state index < -0.39 is 0 Å². The maximum Gasteiger partial charge on any atom is 0.267 e. The van der Waals surface area contributed by atoms with Crippen molar-refractivity contribution < 1.29 is 4.74 Å². The molecule has 0 spiro atoms. The van der Waals surface area contributed by atoms with Crippen molar-refractivity contribution >= 4 is 15.9 Å². The lowest BCUT2D eigenvalue weighted by molar-refractivity contribution is 0.186. The van der Waals surface area contributed by atoms with Gasteiger partial charge in [-0.3, -0.25) is 9.36 Å². The van der Waals surface area contributed by atoms with Gasteiger partial charge in [0.05, 0.1) is 19.0 Å². The smallest absolute Gasteiger partial charge is 0.267 e. The molecule has 1 aliphatic rings. The van der Waals surface area contributed by atoms with Crippen molar-refractivity contribution in [2.75, 3.05) is 13.2 Å². The molecule has 1 fully saturated rings. The molecule has 5 heteroatoms. The Labute approximate surface area is 83.7 Å². The van der Waals surface area contributed by atoms with Crippen LogP contribution < -0.4 is 5.56 Å². The molecular weight excluding hydrogens is 236 g/mol. The van der Waals surface area contributed by atoms with Gasteiger partial charge < -0.3 is 4.74 Å². The van der Waals surface area contributed by atoms with Crippen LogP contribution in [0.2, 0.25) is 0 Å². The lowest BCUT2D eigenvalue weighted by Gasteiger charge is -2.10. The summed E-state index contributed by atoms with van der Waals surface area (Å²) in [5.74, 6) is 0. The fraction of sp³-hybridized carbons (Fsp3) is 0.500. The highest BCUT2D eigenvalue weighted by atomic mass is 79.9. The second kappa shape index (κ2) is 3.59. The first-order valence-electron chi connectivity index (χ1n) is 4.08. The standard InChI is InChI=1S/C8H9BrN2O2/c9-7-3-10-5-11(8(7)12)6-1-2-13-4-6/h3,5-6H,1-2,4H2. The van der Waals surface area contributed by atoms with Crippen molar-refractivity contribution in [3.8, 4) is 0 Å². The summed E-state index contributed by atoms with van der Waals surface area (Å²) < 4.78 is 7.33. The third kappa shape index (κ3) is 1.66. The second-order valence-electron chi connectivity index (χ2n) is 2.97. The Kier molecular flexibility index (Phi) is 2.46. The highest BCUT2D eigenvalue weighted by Gasteiger charge is 2.18. The monoisotopic (exact) mass is 244 g/mol. The quantitative estimate of drug-likeness (QED) is 0.740. The molecule has 0 amide bonds. The normalized spacial score (nSPS) is 22.1. The number of ether oxygens (including phenoxy) is 1. The van der Waals surface area contributed by atoms with Gasteiger partial charge in [0.25, 0.3) is 5.56 Å². The van der Waals surface area contributed by atoms with Gasteiger partial charge in [-0.25, -0.2) is 4.98 Å². The van der Waals surface area contributed by atoms with Gasteiger partial charge in [-0.2, -0.15) is 0 Å². The molecule has 70 valence electrons. The highest BCUT2D eigenvalue weighted by Crippen LogP contribution is 2.16. The summed E-state index contributed by atoms with van der Waals surface area (Å²) in [6.45, 7) is 1.33. The van der Waals surface area contributed by atoms with Gasteiger partial charge in [0.2, 0.25) is 0 Å². The Morgan fingerprint density at radius 1 is 1.69 bits per heavy atom. The number of hydrogen-bond donors (Lipinski definition) is 0. The molecule has 0 saturated carbocycles. The third-order valence-electron chi connectivity index (χ3n) is 2.12. The van der Waals surface area contributed by atoms with Crippen molar-refractivity contribution in [3.63, 3.8) is 0 Å². The second-order valence-corrected chi connectivity index (χ2v) is 3.83. The van der Waals surface area contributed by atoms with Gasteiger partial charge in [0.15, 0.2) is 0 Å². The molecule has 0 radical (unpaired) electrons. The van der Waals surface area contributed by atoms with E-state index in [2.05, 4.69) is 20.9 Å². The van der Waals surface area contributed by atoms with Crippen LogP contribution in [0, 0.1) is 0 Å². The van der Waals surface area contributed by atoms with Crippen LogP contribution in [-0.4, -0.2) is 22.8 Å². The van der Waals surface area contributed by atoms with E-state index in [0.29, 0.717) is 11.1 Å².